The number of rotatable bonds is 5. The Labute approximate surface area is 205 Å². The zero-order valence-corrected chi connectivity index (χ0v) is 19.9. The number of fused-ring (bicyclic) bond motifs is 5. The van der Waals surface area contributed by atoms with Crippen LogP contribution in [0.2, 0.25) is 0 Å². The van der Waals surface area contributed by atoms with Gasteiger partial charge in [-0.2, -0.15) is 0 Å². The number of imide groups is 1. The van der Waals surface area contributed by atoms with Crippen molar-refractivity contribution in [2.75, 3.05) is 4.90 Å². The number of carbonyl (C=O) groups excluding carboxylic acids is 3. The van der Waals surface area contributed by atoms with Crippen molar-refractivity contribution in [2.45, 2.75) is 26.7 Å². The molecule has 1 saturated heterocycles. The fraction of sp³-hybridized carbons (Fsp3) is 0.258. The van der Waals surface area contributed by atoms with E-state index in [4.69, 9.17) is 0 Å². The first-order chi connectivity index (χ1) is 17.0. The Kier molecular flexibility index (Phi) is 4.72. The normalized spacial score (nSPS) is 29.3. The molecule has 0 unspecified atom stereocenters. The number of ketones is 1. The van der Waals surface area contributed by atoms with Gasteiger partial charge in [-0.15, -0.1) is 0 Å². The van der Waals surface area contributed by atoms with Crippen molar-refractivity contribution < 1.29 is 14.4 Å². The molecule has 2 amide bonds. The smallest absolute Gasteiger partial charge is 0.239 e. The van der Waals surface area contributed by atoms with E-state index in [1.54, 1.807) is 12.1 Å². The highest BCUT2D eigenvalue weighted by Gasteiger charge is 2.79. The Morgan fingerprint density at radius 2 is 1.17 bits per heavy atom. The van der Waals surface area contributed by atoms with Crippen molar-refractivity contribution in [3.05, 3.63) is 102 Å². The molecule has 0 N–H and O–H groups in total. The van der Waals surface area contributed by atoms with Crippen molar-refractivity contribution >= 4 is 34.4 Å². The molecule has 174 valence electrons. The van der Waals surface area contributed by atoms with Gasteiger partial charge in [0.05, 0.1) is 28.4 Å². The van der Waals surface area contributed by atoms with Gasteiger partial charge in [0.25, 0.3) is 0 Å². The number of hydrogen-bond acceptors (Lipinski definition) is 3. The van der Waals surface area contributed by atoms with Gasteiger partial charge in [0.1, 0.15) is 0 Å². The second-order valence-corrected chi connectivity index (χ2v) is 10.0. The first-order valence-electron chi connectivity index (χ1n) is 12.3. The molecule has 4 nitrogen and oxygen atoms in total. The topological polar surface area (TPSA) is 54.5 Å². The van der Waals surface area contributed by atoms with Gasteiger partial charge in [-0.05, 0) is 47.8 Å². The van der Waals surface area contributed by atoms with Crippen LogP contribution in [-0.2, 0) is 14.4 Å². The Hall–Kier alpha value is -3.79. The van der Waals surface area contributed by atoms with E-state index in [-0.39, 0.29) is 17.6 Å². The number of benzene rings is 3. The minimum absolute atomic E-state index is 0.0222. The SMILES string of the molecule is CCC[C@@]12C(=O)[C@@](C)(C(c3ccccc3)=C1c1ccccc1)[C@H]1C(=O)N(c3ccccc3)C(=O)[C@@H]12. The summed E-state index contributed by atoms with van der Waals surface area (Å²) in [6.45, 7) is 3.95. The van der Waals surface area contributed by atoms with Gasteiger partial charge in [-0.1, -0.05) is 92.2 Å². The highest BCUT2D eigenvalue weighted by molar-refractivity contribution is 6.34. The van der Waals surface area contributed by atoms with Crippen LogP contribution in [-0.4, -0.2) is 17.6 Å². The molecule has 3 aromatic rings. The first-order valence-corrected chi connectivity index (χ1v) is 12.3. The van der Waals surface area contributed by atoms with E-state index < -0.39 is 22.7 Å². The van der Waals surface area contributed by atoms with Crippen molar-refractivity contribution in [1.29, 1.82) is 0 Å². The van der Waals surface area contributed by atoms with Crippen LogP contribution in [0.4, 0.5) is 5.69 Å². The van der Waals surface area contributed by atoms with E-state index in [0.717, 1.165) is 28.7 Å². The van der Waals surface area contributed by atoms with Gasteiger partial charge in [-0.25, -0.2) is 4.90 Å². The molecule has 2 aliphatic carbocycles. The fourth-order valence-electron chi connectivity index (χ4n) is 7.19. The Morgan fingerprint density at radius 1 is 0.686 bits per heavy atom. The molecule has 1 heterocycles. The van der Waals surface area contributed by atoms with Crippen molar-refractivity contribution in [3.63, 3.8) is 0 Å². The third-order valence-electron chi connectivity index (χ3n) is 8.34. The summed E-state index contributed by atoms with van der Waals surface area (Å²) < 4.78 is 0. The predicted molar refractivity (Wildman–Crippen MR) is 136 cm³/mol. The average Bonchev–Trinajstić information content (AvgIpc) is 3.35. The van der Waals surface area contributed by atoms with Crippen molar-refractivity contribution in [2.24, 2.45) is 22.7 Å². The minimum atomic E-state index is -1.08. The number of nitrogens with zero attached hydrogens (tertiary/aromatic N) is 1. The molecule has 1 saturated carbocycles. The summed E-state index contributed by atoms with van der Waals surface area (Å²) in [6.07, 6.45) is 1.26. The monoisotopic (exact) mass is 461 g/mol. The third-order valence-corrected chi connectivity index (χ3v) is 8.34. The fourth-order valence-corrected chi connectivity index (χ4v) is 7.19. The van der Waals surface area contributed by atoms with Gasteiger partial charge in [0.2, 0.25) is 11.8 Å². The molecule has 4 heteroatoms. The molecule has 0 spiro atoms. The number of carbonyl (C=O) groups is 3. The van der Waals surface area contributed by atoms with Gasteiger partial charge in [-0.3, -0.25) is 14.4 Å². The molecular weight excluding hydrogens is 434 g/mol. The Balaban J connectivity index is 1.67. The van der Waals surface area contributed by atoms with E-state index >= 15 is 0 Å². The van der Waals surface area contributed by atoms with E-state index in [2.05, 4.69) is 0 Å². The number of hydrogen-bond donors (Lipinski definition) is 0. The molecule has 1 aliphatic heterocycles. The number of Topliss-reactive ketones (excluding diaryl/α,β-unsaturated/α-hetero) is 1. The third kappa shape index (κ3) is 2.60. The van der Waals surface area contributed by atoms with E-state index in [9.17, 15) is 14.4 Å². The Bertz CT molecular complexity index is 1380. The largest absolute Gasteiger partial charge is 0.298 e. The Morgan fingerprint density at radius 3 is 1.71 bits per heavy atom. The number of allylic oxidation sites excluding steroid dienone is 2. The van der Waals surface area contributed by atoms with Crippen LogP contribution >= 0.6 is 0 Å². The van der Waals surface area contributed by atoms with E-state index in [1.807, 2.05) is 92.7 Å². The number of amides is 2. The van der Waals surface area contributed by atoms with Gasteiger partial charge < -0.3 is 0 Å². The van der Waals surface area contributed by atoms with Gasteiger partial charge >= 0.3 is 0 Å². The maximum absolute atomic E-state index is 14.6. The lowest BCUT2D eigenvalue weighted by molar-refractivity contribution is -0.134. The summed E-state index contributed by atoms with van der Waals surface area (Å²) in [6, 6.07) is 29.0. The molecule has 0 aromatic heterocycles. The number of anilines is 1. The highest BCUT2D eigenvalue weighted by atomic mass is 16.2. The standard InChI is InChI=1S/C31H27NO3/c1-3-19-31-24(21-15-9-5-10-16-21)23(20-13-7-4-8-14-20)30(2,29(31)35)25-26(31)28(34)32(27(25)33)22-17-11-6-12-18-22/h4-18,25-26H,3,19H2,1-2H3/t25-,26-,30+,31-/m1/s1. The molecular formula is C31H27NO3. The second-order valence-electron chi connectivity index (χ2n) is 10.0. The van der Waals surface area contributed by atoms with E-state index in [0.29, 0.717) is 12.1 Å². The zero-order valence-electron chi connectivity index (χ0n) is 19.9. The van der Waals surface area contributed by atoms with E-state index in [1.165, 1.54) is 4.90 Å². The zero-order chi connectivity index (χ0) is 24.4. The molecule has 3 aromatic carbocycles. The van der Waals surface area contributed by atoms with Crippen LogP contribution in [0, 0.1) is 22.7 Å². The van der Waals surface area contributed by atoms with Crippen LogP contribution in [0.3, 0.4) is 0 Å². The predicted octanol–water partition coefficient (Wildman–Crippen LogP) is 5.79. The van der Waals surface area contributed by atoms with Gasteiger partial charge in [0.15, 0.2) is 5.78 Å². The van der Waals surface area contributed by atoms with Crippen LogP contribution in [0.25, 0.3) is 11.1 Å². The maximum Gasteiger partial charge on any atom is 0.239 e. The summed E-state index contributed by atoms with van der Waals surface area (Å²) in [5.41, 5.74) is 2.18. The summed E-state index contributed by atoms with van der Waals surface area (Å²) in [4.78, 5) is 44.0. The summed E-state index contributed by atoms with van der Waals surface area (Å²) in [5, 5.41) is 0. The summed E-state index contributed by atoms with van der Waals surface area (Å²) in [7, 11) is 0. The first kappa shape index (κ1) is 21.7. The molecule has 6 rings (SSSR count). The second kappa shape index (κ2) is 7.61. The van der Waals surface area contributed by atoms with Crippen LogP contribution in [0.1, 0.15) is 37.8 Å². The van der Waals surface area contributed by atoms with Crippen LogP contribution < -0.4 is 4.90 Å². The summed E-state index contributed by atoms with van der Waals surface area (Å²) >= 11 is 0. The quantitative estimate of drug-likeness (QED) is 0.452. The lowest BCUT2D eigenvalue weighted by atomic mass is 9.61. The highest BCUT2D eigenvalue weighted by Crippen LogP contribution is 2.74. The number of para-hydroxylation sites is 1. The molecule has 0 radical (unpaired) electrons. The van der Waals surface area contributed by atoms with Crippen LogP contribution in [0.15, 0.2) is 91.0 Å². The molecule has 3 aliphatic rings. The minimum Gasteiger partial charge on any atom is -0.298 e. The van der Waals surface area contributed by atoms with Crippen molar-refractivity contribution in [3.8, 4) is 0 Å². The molecule has 35 heavy (non-hydrogen) atoms. The summed E-state index contributed by atoms with van der Waals surface area (Å²) in [5.74, 6) is -1.90. The lowest BCUT2D eigenvalue weighted by Crippen LogP contribution is -2.41. The van der Waals surface area contributed by atoms with Crippen molar-refractivity contribution in [1.82, 2.24) is 0 Å². The average molecular weight is 462 g/mol. The lowest BCUT2D eigenvalue weighted by Gasteiger charge is -2.37. The van der Waals surface area contributed by atoms with Gasteiger partial charge in [0, 0.05) is 0 Å². The molecule has 2 fully saturated rings. The molecule has 2 bridgehead atoms. The molecule has 4 atom stereocenters. The van der Waals surface area contributed by atoms with Crippen LogP contribution in [0.5, 0.6) is 0 Å². The maximum atomic E-state index is 14.6.